The summed E-state index contributed by atoms with van der Waals surface area (Å²) in [5, 5.41) is 7.81. The second-order valence-corrected chi connectivity index (χ2v) is 4.01. The third-order valence-corrected chi connectivity index (χ3v) is 1.91. The van der Waals surface area contributed by atoms with E-state index in [1.165, 1.54) is 0 Å². The van der Waals surface area contributed by atoms with Crippen LogP contribution >= 0.6 is 11.6 Å². The summed E-state index contributed by atoms with van der Waals surface area (Å²) in [4.78, 5) is 0. The normalized spacial score (nSPS) is 11.8. The van der Waals surface area contributed by atoms with Gasteiger partial charge in [0, 0.05) is 5.54 Å². The molecule has 1 aromatic rings. The quantitative estimate of drug-likeness (QED) is 0.688. The maximum absolute atomic E-state index is 5.73. The number of nitrogens with zero attached hydrogens (tertiary/aromatic N) is 3. The molecule has 0 aliphatic rings. The Labute approximate surface area is 82.9 Å². The monoisotopic (exact) mass is 203 g/mol. The smallest absolute Gasteiger partial charge is 0.317 e. The van der Waals surface area contributed by atoms with Crippen molar-refractivity contribution in [2.45, 2.75) is 32.2 Å². The summed E-state index contributed by atoms with van der Waals surface area (Å²) < 4.78 is 6.97. The third kappa shape index (κ3) is 1.94. The van der Waals surface area contributed by atoms with Gasteiger partial charge in [0.15, 0.2) is 5.82 Å². The molecule has 0 fully saturated rings. The van der Waals surface area contributed by atoms with E-state index in [0.717, 1.165) is 5.82 Å². The van der Waals surface area contributed by atoms with Crippen LogP contribution in [0.1, 0.15) is 26.6 Å². The van der Waals surface area contributed by atoms with Gasteiger partial charge in [0.2, 0.25) is 0 Å². The standard InChI is InChI=1S/C8H14ClN3O/c1-8(2,3)12-6(5-9)10-11-7(12)13-4/h5H2,1-4H3. The molecule has 4 nitrogen and oxygen atoms in total. The Morgan fingerprint density at radius 1 is 1.38 bits per heavy atom. The minimum atomic E-state index is -0.112. The Kier molecular flexibility index (Phi) is 2.81. The van der Waals surface area contributed by atoms with E-state index in [4.69, 9.17) is 16.3 Å². The van der Waals surface area contributed by atoms with Crippen LogP contribution < -0.4 is 4.74 Å². The Balaban J connectivity index is 3.20. The van der Waals surface area contributed by atoms with Gasteiger partial charge in [-0.25, -0.2) is 0 Å². The van der Waals surface area contributed by atoms with Crippen LogP contribution in [-0.2, 0) is 11.4 Å². The van der Waals surface area contributed by atoms with Gasteiger partial charge in [-0.3, -0.25) is 4.57 Å². The van der Waals surface area contributed by atoms with Crippen LogP contribution in [0.2, 0.25) is 0 Å². The fraction of sp³-hybridized carbons (Fsp3) is 0.750. The van der Waals surface area contributed by atoms with Gasteiger partial charge in [0.25, 0.3) is 0 Å². The van der Waals surface area contributed by atoms with E-state index in [2.05, 4.69) is 31.0 Å². The van der Waals surface area contributed by atoms with Crippen LogP contribution in [-0.4, -0.2) is 21.9 Å². The summed E-state index contributed by atoms with van der Waals surface area (Å²) >= 11 is 5.73. The highest BCUT2D eigenvalue weighted by Crippen LogP contribution is 2.23. The molecule has 5 heteroatoms. The number of alkyl halides is 1. The van der Waals surface area contributed by atoms with E-state index in [9.17, 15) is 0 Å². The van der Waals surface area contributed by atoms with Crippen molar-refractivity contribution in [1.82, 2.24) is 14.8 Å². The summed E-state index contributed by atoms with van der Waals surface area (Å²) in [7, 11) is 1.57. The minimum absolute atomic E-state index is 0.112. The topological polar surface area (TPSA) is 39.9 Å². The summed E-state index contributed by atoms with van der Waals surface area (Å²) in [5.74, 6) is 1.07. The van der Waals surface area contributed by atoms with E-state index in [0.29, 0.717) is 11.9 Å². The first-order chi connectivity index (χ1) is 6.00. The molecule has 0 N–H and O–H groups in total. The van der Waals surface area contributed by atoms with Crippen LogP contribution in [0, 0.1) is 0 Å². The van der Waals surface area contributed by atoms with E-state index in [-0.39, 0.29) is 5.54 Å². The highest BCUT2D eigenvalue weighted by atomic mass is 35.5. The van der Waals surface area contributed by atoms with Crippen molar-refractivity contribution in [3.63, 3.8) is 0 Å². The van der Waals surface area contributed by atoms with Gasteiger partial charge in [-0.15, -0.1) is 16.7 Å². The summed E-state index contributed by atoms with van der Waals surface area (Å²) in [6, 6.07) is 0.503. The number of methoxy groups -OCH3 is 1. The minimum Gasteiger partial charge on any atom is -0.467 e. The Morgan fingerprint density at radius 3 is 2.38 bits per heavy atom. The van der Waals surface area contributed by atoms with Crippen LogP contribution in [0.3, 0.4) is 0 Å². The first kappa shape index (κ1) is 10.3. The predicted octanol–water partition coefficient (Wildman–Crippen LogP) is 1.78. The number of halogens is 1. The Hall–Kier alpha value is -0.770. The molecule has 1 aromatic heterocycles. The van der Waals surface area contributed by atoms with E-state index < -0.39 is 0 Å². The van der Waals surface area contributed by atoms with Gasteiger partial charge in [-0.05, 0) is 20.8 Å². The lowest BCUT2D eigenvalue weighted by molar-refractivity contribution is 0.294. The molecule has 0 amide bonds. The number of aromatic nitrogens is 3. The van der Waals surface area contributed by atoms with Gasteiger partial charge < -0.3 is 4.74 Å². The lowest BCUT2D eigenvalue weighted by atomic mass is 10.1. The van der Waals surface area contributed by atoms with Crippen molar-refractivity contribution in [2.75, 3.05) is 7.11 Å². The molecule has 0 saturated carbocycles. The zero-order chi connectivity index (χ0) is 10.1. The molecule has 0 spiro atoms. The molecule has 0 saturated heterocycles. The summed E-state index contributed by atoms with van der Waals surface area (Å²) in [6.07, 6.45) is 0. The van der Waals surface area contributed by atoms with Gasteiger partial charge in [0.05, 0.1) is 13.0 Å². The second kappa shape index (κ2) is 3.54. The molecule has 1 rings (SSSR count). The fourth-order valence-electron chi connectivity index (χ4n) is 1.19. The van der Waals surface area contributed by atoms with Crippen molar-refractivity contribution in [1.29, 1.82) is 0 Å². The summed E-state index contributed by atoms with van der Waals surface area (Å²) in [6.45, 7) is 6.15. The van der Waals surface area contributed by atoms with E-state index in [1.807, 2.05) is 4.57 Å². The highest BCUT2D eigenvalue weighted by molar-refractivity contribution is 6.16. The molecule has 0 aromatic carbocycles. The lowest BCUT2D eigenvalue weighted by Crippen LogP contribution is -2.24. The van der Waals surface area contributed by atoms with Gasteiger partial charge in [-0.2, -0.15) is 0 Å². The zero-order valence-electron chi connectivity index (χ0n) is 8.33. The number of hydrogen-bond donors (Lipinski definition) is 0. The predicted molar refractivity (Wildman–Crippen MR) is 51.1 cm³/mol. The Morgan fingerprint density at radius 2 is 2.00 bits per heavy atom. The molecule has 0 aliphatic carbocycles. The van der Waals surface area contributed by atoms with Gasteiger partial charge in [0.1, 0.15) is 0 Å². The fourth-order valence-corrected chi connectivity index (χ4v) is 1.37. The molecule has 0 atom stereocenters. The molecule has 0 bridgehead atoms. The maximum Gasteiger partial charge on any atom is 0.317 e. The Bertz CT molecular complexity index is 269. The van der Waals surface area contributed by atoms with Crippen molar-refractivity contribution >= 4 is 11.6 Å². The van der Waals surface area contributed by atoms with Crippen LogP contribution in [0.4, 0.5) is 0 Å². The number of hydrogen-bond acceptors (Lipinski definition) is 3. The van der Waals surface area contributed by atoms with Crippen molar-refractivity contribution in [3.8, 4) is 6.01 Å². The molecule has 0 radical (unpaired) electrons. The molecule has 1 heterocycles. The van der Waals surface area contributed by atoms with E-state index >= 15 is 0 Å². The summed E-state index contributed by atoms with van der Waals surface area (Å²) in [5.41, 5.74) is -0.112. The molecular weight excluding hydrogens is 190 g/mol. The van der Waals surface area contributed by atoms with Crippen molar-refractivity contribution < 1.29 is 4.74 Å². The van der Waals surface area contributed by atoms with Crippen LogP contribution in [0.15, 0.2) is 0 Å². The average Bonchev–Trinajstić information content (AvgIpc) is 2.45. The first-order valence-corrected chi connectivity index (χ1v) is 4.59. The number of rotatable bonds is 2. The van der Waals surface area contributed by atoms with Crippen LogP contribution in [0.5, 0.6) is 6.01 Å². The number of ether oxygens (including phenoxy) is 1. The molecule has 0 unspecified atom stereocenters. The van der Waals surface area contributed by atoms with Gasteiger partial charge in [-0.1, -0.05) is 5.10 Å². The lowest BCUT2D eigenvalue weighted by Gasteiger charge is -2.23. The van der Waals surface area contributed by atoms with Crippen molar-refractivity contribution in [2.24, 2.45) is 0 Å². The maximum atomic E-state index is 5.73. The molecule has 74 valence electrons. The largest absolute Gasteiger partial charge is 0.467 e. The van der Waals surface area contributed by atoms with Crippen LogP contribution in [0.25, 0.3) is 0 Å². The zero-order valence-corrected chi connectivity index (χ0v) is 9.09. The average molecular weight is 204 g/mol. The third-order valence-electron chi connectivity index (χ3n) is 1.67. The molecular formula is C8H14ClN3O. The SMILES string of the molecule is COc1nnc(CCl)n1C(C)(C)C. The molecule has 0 aliphatic heterocycles. The van der Waals surface area contributed by atoms with E-state index in [1.54, 1.807) is 7.11 Å². The van der Waals surface area contributed by atoms with Gasteiger partial charge >= 0.3 is 6.01 Å². The first-order valence-electron chi connectivity index (χ1n) is 4.05. The second-order valence-electron chi connectivity index (χ2n) is 3.74. The van der Waals surface area contributed by atoms with Crippen molar-refractivity contribution in [3.05, 3.63) is 5.82 Å². The molecule has 13 heavy (non-hydrogen) atoms. The highest BCUT2D eigenvalue weighted by Gasteiger charge is 2.22.